The van der Waals surface area contributed by atoms with E-state index in [9.17, 15) is 9.59 Å². The minimum atomic E-state index is -1.07. The number of hydrogen-bond acceptors (Lipinski definition) is 4. The van der Waals surface area contributed by atoms with Crippen LogP contribution in [0.5, 0.6) is 0 Å². The van der Waals surface area contributed by atoms with Crippen molar-refractivity contribution in [2.75, 3.05) is 0 Å². The fourth-order valence-corrected chi connectivity index (χ4v) is 2.14. The van der Waals surface area contributed by atoms with E-state index < -0.39 is 5.97 Å². The van der Waals surface area contributed by atoms with Crippen LogP contribution in [0.15, 0.2) is 35.2 Å². The molecule has 0 unspecified atom stereocenters. The zero-order chi connectivity index (χ0) is 14.4. The third-order valence-corrected chi connectivity index (χ3v) is 3.26. The number of nitrogens with zero attached hydrogens (tertiary/aromatic N) is 1. The lowest BCUT2D eigenvalue weighted by Gasteiger charge is -2.06. The lowest BCUT2D eigenvalue weighted by molar-refractivity contribution is 0.0690. The fourth-order valence-electron chi connectivity index (χ4n) is 1.48. The van der Waals surface area contributed by atoms with E-state index in [1.54, 1.807) is 17.4 Å². The number of aromatic carboxylic acids is 1. The Kier molecular flexibility index (Phi) is 4.67. The van der Waals surface area contributed by atoms with Crippen LogP contribution in [0.4, 0.5) is 4.79 Å². The smallest absolute Gasteiger partial charge is 0.354 e. The molecule has 0 saturated carbocycles. The Morgan fingerprint density at radius 3 is 2.45 bits per heavy atom. The normalized spacial score (nSPS) is 10.0. The van der Waals surface area contributed by atoms with Crippen LogP contribution in [0.3, 0.4) is 0 Å². The summed E-state index contributed by atoms with van der Waals surface area (Å²) in [6, 6.07) is 4.69. The molecule has 2 aromatic rings. The van der Waals surface area contributed by atoms with Gasteiger partial charge in [0.05, 0.1) is 0 Å². The van der Waals surface area contributed by atoms with Crippen LogP contribution in [0.2, 0.25) is 0 Å². The van der Waals surface area contributed by atoms with Gasteiger partial charge in [-0.05, 0) is 34.0 Å². The number of pyridine rings is 1. The van der Waals surface area contributed by atoms with Crippen LogP contribution in [-0.4, -0.2) is 22.1 Å². The Balaban J connectivity index is 1.76. The van der Waals surface area contributed by atoms with Gasteiger partial charge in [-0.2, -0.15) is 11.3 Å². The van der Waals surface area contributed by atoms with Crippen molar-refractivity contribution < 1.29 is 14.7 Å². The maximum absolute atomic E-state index is 11.6. The second kappa shape index (κ2) is 6.67. The lowest BCUT2D eigenvalue weighted by Crippen LogP contribution is -2.34. The minimum Gasteiger partial charge on any atom is -0.477 e. The number of aromatic nitrogens is 1. The zero-order valence-electron chi connectivity index (χ0n) is 10.5. The Morgan fingerprint density at radius 2 is 1.90 bits per heavy atom. The molecule has 0 atom stereocenters. The lowest BCUT2D eigenvalue weighted by atomic mass is 10.2. The Hall–Kier alpha value is -2.41. The van der Waals surface area contributed by atoms with E-state index in [0.717, 1.165) is 11.1 Å². The molecule has 3 N–H and O–H groups in total. The highest BCUT2D eigenvalue weighted by atomic mass is 32.1. The summed E-state index contributed by atoms with van der Waals surface area (Å²) in [5.41, 5.74) is 1.77. The molecular weight excluding hydrogens is 278 g/mol. The van der Waals surface area contributed by atoms with Crippen LogP contribution in [0.1, 0.15) is 21.6 Å². The summed E-state index contributed by atoms with van der Waals surface area (Å²) in [4.78, 5) is 26.0. The molecule has 2 aromatic heterocycles. The Labute approximate surface area is 119 Å². The number of thiophene rings is 1. The van der Waals surface area contributed by atoms with Gasteiger partial charge in [0.15, 0.2) is 0 Å². The molecule has 0 aliphatic carbocycles. The maximum Gasteiger partial charge on any atom is 0.354 e. The molecule has 20 heavy (non-hydrogen) atoms. The van der Waals surface area contributed by atoms with E-state index in [0.29, 0.717) is 13.1 Å². The van der Waals surface area contributed by atoms with Crippen molar-refractivity contribution in [3.8, 4) is 0 Å². The summed E-state index contributed by atoms with van der Waals surface area (Å²) >= 11 is 1.58. The van der Waals surface area contributed by atoms with Crippen LogP contribution in [-0.2, 0) is 13.1 Å². The van der Waals surface area contributed by atoms with Gasteiger partial charge >= 0.3 is 12.0 Å². The van der Waals surface area contributed by atoms with Gasteiger partial charge in [-0.25, -0.2) is 14.6 Å². The Bertz CT molecular complexity index is 581. The second-order valence-electron chi connectivity index (χ2n) is 4.02. The highest BCUT2D eigenvalue weighted by molar-refractivity contribution is 7.07. The van der Waals surface area contributed by atoms with E-state index in [4.69, 9.17) is 5.11 Å². The summed E-state index contributed by atoms with van der Waals surface area (Å²) in [5.74, 6) is -1.07. The van der Waals surface area contributed by atoms with E-state index in [1.807, 2.05) is 16.8 Å². The van der Waals surface area contributed by atoms with Crippen LogP contribution >= 0.6 is 11.3 Å². The largest absolute Gasteiger partial charge is 0.477 e. The van der Waals surface area contributed by atoms with Crippen molar-refractivity contribution in [3.63, 3.8) is 0 Å². The van der Waals surface area contributed by atoms with Gasteiger partial charge in [0, 0.05) is 19.3 Å². The highest BCUT2D eigenvalue weighted by Crippen LogP contribution is 2.04. The van der Waals surface area contributed by atoms with Gasteiger partial charge in [0.25, 0.3) is 0 Å². The quantitative estimate of drug-likeness (QED) is 0.784. The number of urea groups is 1. The SMILES string of the molecule is O=C(NCc1ccc(C(=O)O)nc1)NCc1ccsc1. The van der Waals surface area contributed by atoms with Gasteiger partial charge in [-0.3, -0.25) is 0 Å². The molecule has 0 spiro atoms. The number of carbonyl (C=O) groups excluding carboxylic acids is 1. The Morgan fingerprint density at radius 1 is 1.15 bits per heavy atom. The van der Waals surface area contributed by atoms with Crippen molar-refractivity contribution >= 4 is 23.3 Å². The third kappa shape index (κ3) is 4.06. The van der Waals surface area contributed by atoms with Gasteiger partial charge in [-0.15, -0.1) is 0 Å². The molecule has 2 rings (SSSR count). The maximum atomic E-state index is 11.6. The number of amides is 2. The first-order valence-corrected chi connectivity index (χ1v) is 6.80. The molecule has 2 amide bonds. The number of carboxylic acids is 1. The molecular formula is C13H13N3O3S. The van der Waals surface area contributed by atoms with Crippen molar-refractivity contribution in [1.82, 2.24) is 15.6 Å². The van der Waals surface area contributed by atoms with E-state index in [2.05, 4.69) is 15.6 Å². The minimum absolute atomic E-state index is 0.0179. The van der Waals surface area contributed by atoms with E-state index in [-0.39, 0.29) is 11.7 Å². The summed E-state index contributed by atoms with van der Waals surface area (Å²) in [6.07, 6.45) is 1.43. The predicted octanol–water partition coefficient (Wildman–Crippen LogP) is 1.84. The first-order valence-electron chi connectivity index (χ1n) is 5.86. The van der Waals surface area contributed by atoms with Gasteiger partial charge in [0.2, 0.25) is 0 Å². The fraction of sp³-hybridized carbons (Fsp3) is 0.154. The van der Waals surface area contributed by atoms with Gasteiger partial charge < -0.3 is 15.7 Å². The van der Waals surface area contributed by atoms with Crippen molar-refractivity contribution in [2.45, 2.75) is 13.1 Å². The number of hydrogen-bond donors (Lipinski definition) is 3. The van der Waals surface area contributed by atoms with Gasteiger partial charge in [0.1, 0.15) is 5.69 Å². The first kappa shape index (κ1) is 14.0. The molecule has 6 nitrogen and oxygen atoms in total. The molecule has 104 valence electrons. The zero-order valence-corrected chi connectivity index (χ0v) is 11.3. The van der Waals surface area contributed by atoms with E-state index in [1.165, 1.54) is 12.3 Å². The molecule has 0 radical (unpaired) electrons. The standard InChI is InChI=1S/C13H13N3O3S/c17-12(18)11-2-1-9(5-14-11)6-15-13(19)16-7-10-3-4-20-8-10/h1-5,8H,6-7H2,(H,17,18)(H2,15,16,19). The highest BCUT2D eigenvalue weighted by Gasteiger charge is 2.05. The van der Waals surface area contributed by atoms with Crippen LogP contribution in [0, 0.1) is 0 Å². The molecule has 0 saturated heterocycles. The second-order valence-corrected chi connectivity index (χ2v) is 4.80. The van der Waals surface area contributed by atoms with Crippen LogP contribution < -0.4 is 10.6 Å². The summed E-state index contributed by atoms with van der Waals surface area (Å²) in [5, 5.41) is 18.0. The summed E-state index contributed by atoms with van der Waals surface area (Å²) in [7, 11) is 0. The van der Waals surface area contributed by atoms with Crippen molar-refractivity contribution in [2.24, 2.45) is 0 Å². The molecule has 0 bridgehead atoms. The predicted molar refractivity (Wildman–Crippen MR) is 74.6 cm³/mol. The summed E-state index contributed by atoms with van der Waals surface area (Å²) < 4.78 is 0. The average molecular weight is 291 g/mol. The number of carbonyl (C=O) groups is 2. The van der Waals surface area contributed by atoms with Crippen molar-refractivity contribution in [3.05, 3.63) is 52.0 Å². The monoisotopic (exact) mass is 291 g/mol. The number of rotatable bonds is 5. The first-order chi connectivity index (χ1) is 9.65. The van der Waals surface area contributed by atoms with Gasteiger partial charge in [-0.1, -0.05) is 6.07 Å². The van der Waals surface area contributed by atoms with E-state index >= 15 is 0 Å². The summed E-state index contributed by atoms with van der Waals surface area (Å²) in [6.45, 7) is 0.772. The molecule has 0 aliphatic heterocycles. The molecule has 0 aromatic carbocycles. The molecule has 2 heterocycles. The topological polar surface area (TPSA) is 91.3 Å². The molecule has 0 fully saturated rings. The van der Waals surface area contributed by atoms with Crippen LogP contribution in [0.25, 0.3) is 0 Å². The third-order valence-electron chi connectivity index (χ3n) is 2.53. The molecule has 7 heteroatoms. The number of carboxylic acid groups (broad SMARTS) is 1. The molecule has 0 aliphatic rings. The number of nitrogens with one attached hydrogen (secondary N) is 2. The van der Waals surface area contributed by atoms with Crippen molar-refractivity contribution in [1.29, 1.82) is 0 Å². The average Bonchev–Trinajstić information content (AvgIpc) is 2.96.